The van der Waals surface area contributed by atoms with Crippen molar-refractivity contribution in [3.63, 3.8) is 0 Å². The van der Waals surface area contributed by atoms with Gasteiger partial charge in [-0.1, -0.05) is 13.0 Å². The van der Waals surface area contributed by atoms with Crippen molar-refractivity contribution in [3.8, 4) is 5.75 Å². The first kappa shape index (κ1) is 15.8. The number of hydrogen-bond acceptors (Lipinski definition) is 3. The largest absolute Gasteiger partial charge is 0.496 e. The maximum atomic E-state index is 5.64. The fourth-order valence-corrected chi connectivity index (χ4v) is 3.43. The molecule has 1 saturated heterocycles. The lowest BCUT2D eigenvalue weighted by Gasteiger charge is -2.31. The Hall–Kier alpha value is -0.580. The summed E-state index contributed by atoms with van der Waals surface area (Å²) in [6.45, 7) is 4.97. The van der Waals surface area contributed by atoms with E-state index in [0.29, 0.717) is 12.0 Å². The molecule has 0 aliphatic carbocycles. The van der Waals surface area contributed by atoms with E-state index in [1.807, 2.05) is 6.07 Å². The molecule has 1 aliphatic rings. The van der Waals surface area contributed by atoms with Gasteiger partial charge in [0, 0.05) is 12.6 Å². The highest BCUT2D eigenvalue weighted by molar-refractivity contribution is 9.10. The molecule has 1 N–H and O–H groups in total. The van der Waals surface area contributed by atoms with Crippen molar-refractivity contribution in [2.75, 3.05) is 26.9 Å². The number of ether oxygens (including phenoxy) is 2. The quantitative estimate of drug-likeness (QED) is 0.860. The van der Waals surface area contributed by atoms with Crippen molar-refractivity contribution in [1.29, 1.82) is 0 Å². The van der Waals surface area contributed by atoms with Gasteiger partial charge in [0.25, 0.3) is 0 Å². The highest BCUT2D eigenvalue weighted by Gasteiger charge is 2.23. The minimum Gasteiger partial charge on any atom is -0.496 e. The van der Waals surface area contributed by atoms with Gasteiger partial charge >= 0.3 is 0 Å². The molecule has 4 heteroatoms. The number of methoxy groups -OCH3 is 1. The van der Waals surface area contributed by atoms with Crippen LogP contribution in [-0.4, -0.2) is 32.9 Å². The molecule has 2 unspecified atom stereocenters. The summed E-state index contributed by atoms with van der Waals surface area (Å²) in [6.07, 6.45) is 3.47. The van der Waals surface area contributed by atoms with Gasteiger partial charge in [-0.25, -0.2) is 0 Å². The summed E-state index contributed by atoms with van der Waals surface area (Å²) < 4.78 is 11.9. The van der Waals surface area contributed by atoms with E-state index in [1.54, 1.807) is 7.11 Å². The van der Waals surface area contributed by atoms with Gasteiger partial charge in [-0.3, -0.25) is 0 Å². The molecule has 112 valence electrons. The first-order valence-corrected chi connectivity index (χ1v) is 8.17. The molecule has 3 nitrogen and oxygen atoms in total. The summed E-state index contributed by atoms with van der Waals surface area (Å²) >= 11 is 3.56. The van der Waals surface area contributed by atoms with E-state index < -0.39 is 0 Å². The molecule has 0 amide bonds. The number of nitrogens with one attached hydrogen (secondary N) is 1. The van der Waals surface area contributed by atoms with Crippen LogP contribution in [0.25, 0.3) is 0 Å². The van der Waals surface area contributed by atoms with Crippen molar-refractivity contribution < 1.29 is 9.47 Å². The van der Waals surface area contributed by atoms with Gasteiger partial charge in [-0.05, 0) is 65.4 Å². The first-order valence-electron chi connectivity index (χ1n) is 7.38. The van der Waals surface area contributed by atoms with Gasteiger partial charge in [0.2, 0.25) is 0 Å². The summed E-state index contributed by atoms with van der Waals surface area (Å²) in [5.74, 6) is 1.50. The molecule has 1 aromatic carbocycles. The molecule has 0 spiro atoms. The molecule has 2 atom stereocenters. The average Bonchev–Trinajstić information content (AvgIpc) is 2.48. The number of halogens is 1. The minimum absolute atomic E-state index is 0.487. The Kier molecular flexibility index (Phi) is 6.33. The third-order valence-corrected chi connectivity index (χ3v) is 4.52. The van der Waals surface area contributed by atoms with E-state index in [4.69, 9.17) is 9.47 Å². The van der Waals surface area contributed by atoms with Crippen LogP contribution in [0, 0.1) is 5.92 Å². The number of likely N-dealkylation sites (N-methyl/N-ethyl adjacent to an activating group) is 1. The molecule has 0 bridgehead atoms. The molecule has 1 heterocycles. The third-order valence-electron chi connectivity index (χ3n) is 3.90. The number of benzene rings is 1. The summed E-state index contributed by atoms with van der Waals surface area (Å²) in [7, 11) is 1.70. The SMILES string of the molecule is CCNC(Cc1ccc(OC)c(Br)c1)C1CCCOC1. The summed E-state index contributed by atoms with van der Waals surface area (Å²) in [5.41, 5.74) is 1.33. The first-order chi connectivity index (χ1) is 9.74. The standard InChI is InChI=1S/C16H24BrNO2/c1-3-18-15(13-5-4-8-20-11-13)10-12-6-7-16(19-2)14(17)9-12/h6-7,9,13,15,18H,3-5,8,10-11H2,1-2H3. The zero-order chi connectivity index (χ0) is 14.4. The van der Waals surface area contributed by atoms with E-state index in [2.05, 4.69) is 40.3 Å². The predicted octanol–water partition coefficient (Wildman–Crippen LogP) is 3.40. The Labute approximate surface area is 130 Å². The van der Waals surface area contributed by atoms with Crippen LogP contribution in [0.5, 0.6) is 5.75 Å². The zero-order valence-corrected chi connectivity index (χ0v) is 13.9. The van der Waals surface area contributed by atoms with Crippen LogP contribution in [0.3, 0.4) is 0 Å². The molecule has 20 heavy (non-hydrogen) atoms. The average molecular weight is 342 g/mol. The Balaban J connectivity index is 2.04. The summed E-state index contributed by atoms with van der Waals surface area (Å²) in [5, 5.41) is 3.62. The number of hydrogen-bond donors (Lipinski definition) is 1. The third kappa shape index (κ3) is 4.21. The molecule has 0 radical (unpaired) electrons. The lowest BCUT2D eigenvalue weighted by molar-refractivity contribution is 0.0396. The van der Waals surface area contributed by atoms with Gasteiger partial charge in [0.15, 0.2) is 0 Å². The Morgan fingerprint density at radius 3 is 2.95 bits per heavy atom. The van der Waals surface area contributed by atoms with Crippen LogP contribution in [0.4, 0.5) is 0 Å². The molecular weight excluding hydrogens is 318 g/mol. The van der Waals surface area contributed by atoms with Crippen LogP contribution in [0.2, 0.25) is 0 Å². The highest BCUT2D eigenvalue weighted by Crippen LogP contribution is 2.27. The lowest BCUT2D eigenvalue weighted by Crippen LogP contribution is -2.41. The topological polar surface area (TPSA) is 30.5 Å². The van der Waals surface area contributed by atoms with Crippen LogP contribution in [0.15, 0.2) is 22.7 Å². The molecule has 0 aromatic heterocycles. The fourth-order valence-electron chi connectivity index (χ4n) is 2.84. The van der Waals surface area contributed by atoms with E-state index in [1.165, 1.54) is 18.4 Å². The maximum absolute atomic E-state index is 5.64. The maximum Gasteiger partial charge on any atom is 0.133 e. The normalized spacial score (nSPS) is 20.6. The Morgan fingerprint density at radius 1 is 1.50 bits per heavy atom. The second-order valence-corrected chi connectivity index (χ2v) is 6.17. The Morgan fingerprint density at radius 2 is 2.35 bits per heavy atom. The fraction of sp³-hybridized carbons (Fsp3) is 0.625. The minimum atomic E-state index is 0.487. The molecule has 1 aliphatic heterocycles. The van der Waals surface area contributed by atoms with Crippen LogP contribution in [-0.2, 0) is 11.2 Å². The molecule has 0 saturated carbocycles. The van der Waals surface area contributed by atoms with E-state index >= 15 is 0 Å². The van der Waals surface area contributed by atoms with Gasteiger partial charge in [0.1, 0.15) is 5.75 Å². The van der Waals surface area contributed by atoms with Crippen LogP contribution in [0.1, 0.15) is 25.3 Å². The zero-order valence-electron chi connectivity index (χ0n) is 12.3. The van der Waals surface area contributed by atoms with Gasteiger partial charge < -0.3 is 14.8 Å². The van der Waals surface area contributed by atoms with E-state index in [9.17, 15) is 0 Å². The summed E-state index contributed by atoms with van der Waals surface area (Å²) in [6, 6.07) is 6.82. The van der Waals surface area contributed by atoms with Crippen molar-refractivity contribution in [3.05, 3.63) is 28.2 Å². The molecular formula is C16H24BrNO2. The van der Waals surface area contributed by atoms with Crippen molar-refractivity contribution in [2.24, 2.45) is 5.92 Å². The van der Waals surface area contributed by atoms with E-state index in [0.717, 1.165) is 36.4 Å². The Bertz CT molecular complexity index is 419. The molecule has 2 rings (SSSR count). The van der Waals surface area contributed by atoms with Gasteiger partial charge in [0.05, 0.1) is 18.2 Å². The van der Waals surface area contributed by atoms with E-state index in [-0.39, 0.29) is 0 Å². The van der Waals surface area contributed by atoms with Crippen molar-refractivity contribution >= 4 is 15.9 Å². The van der Waals surface area contributed by atoms with Crippen LogP contribution < -0.4 is 10.1 Å². The van der Waals surface area contributed by atoms with Crippen molar-refractivity contribution in [1.82, 2.24) is 5.32 Å². The smallest absolute Gasteiger partial charge is 0.133 e. The monoisotopic (exact) mass is 341 g/mol. The van der Waals surface area contributed by atoms with Gasteiger partial charge in [-0.15, -0.1) is 0 Å². The second kappa shape index (κ2) is 8.01. The van der Waals surface area contributed by atoms with Crippen molar-refractivity contribution in [2.45, 2.75) is 32.2 Å². The second-order valence-electron chi connectivity index (χ2n) is 5.31. The number of rotatable bonds is 6. The lowest BCUT2D eigenvalue weighted by atomic mass is 9.89. The summed E-state index contributed by atoms with van der Waals surface area (Å²) in [4.78, 5) is 0. The molecule has 1 fully saturated rings. The highest BCUT2D eigenvalue weighted by atomic mass is 79.9. The van der Waals surface area contributed by atoms with Crippen LogP contribution >= 0.6 is 15.9 Å². The molecule has 1 aromatic rings. The van der Waals surface area contributed by atoms with Gasteiger partial charge in [-0.2, -0.15) is 0 Å². The predicted molar refractivity (Wildman–Crippen MR) is 85.4 cm³/mol.